The summed E-state index contributed by atoms with van der Waals surface area (Å²) in [5.74, 6) is 0. The van der Waals surface area contributed by atoms with E-state index in [0.29, 0.717) is 11.2 Å². The Balaban J connectivity index is 0.000000605. The van der Waals surface area contributed by atoms with Gasteiger partial charge < -0.3 is 19.7 Å². The molecule has 0 aliphatic heterocycles. The minimum Gasteiger partial charge on any atom is -0.419 e. The number of aromatic amines is 2. The molecule has 0 unspecified atom stereocenters. The van der Waals surface area contributed by atoms with Gasteiger partial charge in [0, 0.05) is 32.3 Å². The van der Waals surface area contributed by atoms with Crippen LogP contribution in [0.1, 0.15) is 0 Å². The molecule has 0 aliphatic rings. The minimum absolute atomic E-state index is 0. The Morgan fingerprint density at radius 3 is 3.09 bits per heavy atom. The van der Waals surface area contributed by atoms with Gasteiger partial charge in [-0.25, -0.2) is 0 Å². The fraction of sp³-hybridized carbons (Fsp3) is 0. The number of hydrogen-bond acceptors (Lipinski definition) is 3. The van der Waals surface area contributed by atoms with Crippen LogP contribution >= 0.6 is 0 Å². The molecule has 6 heteroatoms. The number of aromatic nitrogens is 4. The van der Waals surface area contributed by atoms with Crippen LogP contribution in [0.25, 0.3) is 11.2 Å². The Labute approximate surface area is 74.9 Å². The van der Waals surface area contributed by atoms with Crippen molar-refractivity contribution in [1.29, 1.82) is 0 Å². The van der Waals surface area contributed by atoms with Crippen LogP contribution in [0, 0.1) is 6.33 Å². The van der Waals surface area contributed by atoms with E-state index in [1.807, 2.05) is 0 Å². The summed E-state index contributed by atoms with van der Waals surface area (Å²) in [6.45, 7) is 0. The third-order valence-corrected chi connectivity index (χ3v) is 1.18. The SMILES string of the molecule is O=c1[nH][c-]nc2nc[nH]c12.[Re]. The third kappa shape index (κ3) is 1.23. The Morgan fingerprint density at radius 1 is 1.55 bits per heavy atom. The maximum atomic E-state index is 10.8. The van der Waals surface area contributed by atoms with Gasteiger partial charge in [-0.3, -0.25) is 4.98 Å². The van der Waals surface area contributed by atoms with Crippen LogP contribution in [0.3, 0.4) is 0 Å². The minimum atomic E-state index is -0.248. The summed E-state index contributed by atoms with van der Waals surface area (Å²) in [7, 11) is 0. The van der Waals surface area contributed by atoms with Crippen LogP contribution in [0.15, 0.2) is 11.1 Å². The van der Waals surface area contributed by atoms with E-state index in [1.54, 1.807) is 0 Å². The Hall–Kier alpha value is -0.988. The number of H-pyrrole nitrogens is 2. The van der Waals surface area contributed by atoms with E-state index in [-0.39, 0.29) is 26.0 Å². The van der Waals surface area contributed by atoms with Gasteiger partial charge in [-0.15, -0.1) is 0 Å². The second-order valence-corrected chi connectivity index (χ2v) is 1.78. The van der Waals surface area contributed by atoms with Gasteiger partial charge in [-0.2, -0.15) is 0 Å². The molecule has 1 radical (unpaired) electrons. The molecule has 2 aromatic heterocycles. The maximum absolute atomic E-state index is 10.8. The zero-order chi connectivity index (χ0) is 6.97. The molecule has 0 fully saturated rings. The van der Waals surface area contributed by atoms with Gasteiger partial charge in [-0.05, 0) is 0 Å². The summed E-state index contributed by atoms with van der Waals surface area (Å²) in [6, 6.07) is 0. The van der Waals surface area contributed by atoms with Crippen molar-refractivity contribution in [2.24, 2.45) is 0 Å². The first kappa shape index (κ1) is 8.11. The molecule has 0 saturated heterocycles. The van der Waals surface area contributed by atoms with Gasteiger partial charge in [-0.1, -0.05) is 0 Å². The smallest absolute Gasteiger partial charge is 0.161 e. The third-order valence-electron chi connectivity index (χ3n) is 1.18. The van der Waals surface area contributed by atoms with Crippen molar-refractivity contribution < 1.29 is 20.4 Å². The summed E-state index contributed by atoms with van der Waals surface area (Å²) in [6.07, 6.45) is 3.74. The summed E-state index contributed by atoms with van der Waals surface area (Å²) < 4.78 is 0. The van der Waals surface area contributed by atoms with Crippen LogP contribution in [0.5, 0.6) is 0 Å². The number of imidazole rings is 1. The van der Waals surface area contributed by atoms with Crippen molar-refractivity contribution in [2.75, 3.05) is 0 Å². The molecule has 0 spiro atoms. The zero-order valence-corrected chi connectivity index (χ0v) is 7.97. The van der Waals surface area contributed by atoms with Crippen molar-refractivity contribution in [3.05, 3.63) is 23.0 Å². The first-order valence-corrected chi connectivity index (χ1v) is 2.67. The van der Waals surface area contributed by atoms with Crippen molar-refractivity contribution in [3.63, 3.8) is 0 Å². The van der Waals surface area contributed by atoms with Crippen LogP contribution in [0.2, 0.25) is 0 Å². The Kier molecular flexibility index (Phi) is 2.17. The number of nitrogens with zero attached hydrogens (tertiary/aromatic N) is 2. The van der Waals surface area contributed by atoms with Crippen LogP contribution in [-0.2, 0) is 20.4 Å². The van der Waals surface area contributed by atoms with Gasteiger partial charge in [0.05, 0.1) is 12.0 Å². The Morgan fingerprint density at radius 2 is 2.36 bits per heavy atom. The summed E-state index contributed by atoms with van der Waals surface area (Å²) >= 11 is 0. The number of nitrogens with one attached hydrogen (secondary N) is 2. The fourth-order valence-electron chi connectivity index (χ4n) is 0.733. The molecule has 0 bridgehead atoms. The molecule has 0 amide bonds. The van der Waals surface area contributed by atoms with Crippen LogP contribution in [-0.4, -0.2) is 19.9 Å². The second kappa shape index (κ2) is 2.95. The summed E-state index contributed by atoms with van der Waals surface area (Å²) in [4.78, 5) is 23.2. The van der Waals surface area contributed by atoms with Gasteiger partial charge in [0.15, 0.2) is 5.56 Å². The monoisotopic (exact) mass is 322 g/mol. The second-order valence-electron chi connectivity index (χ2n) is 1.78. The molecule has 2 heterocycles. The normalized spacial score (nSPS) is 9.45. The summed E-state index contributed by atoms with van der Waals surface area (Å²) in [5.41, 5.74) is 0.532. The molecule has 2 aromatic rings. The zero-order valence-electron chi connectivity index (χ0n) is 5.26. The molecule has 5 nitrogen and oxygen atoms in total. The maximum Gasteiger partial charge on any atom is 0.161 e. The van der Waals surface area contributed by atoms with Crippen molar-refractivity contribution in [2.45, 2.75) is 0 Å². The van der Waals surface area contributed by atoms with Gasteiger partial charge >= 0.3 is 0 Å². The average molecular weight is 321 g/mol. The van der Waals surface area contributed by atoms with Crippen molar-refractivity contribution >= 4 is 11.2 Å². The predicted molar refractivity (Wildman–Crippen MR) is 33.3 cm³/mol. The number of rotatable bonds is 0. The Bertz CT molecular complexity index is 406. The molecule has 0 aromatic carbocycles. The van der Waals surface area contributed by atoms with Gasteiger partial charge in [0.1, 0.15) is 0 Å². The molecule has 0 saturated carbocycles. The quantitative estimate of drug-likeness (QED) is 0.639. The molecular formula is C5H3N4ORe-. The molecule has 2 rings (SSSR count). The van der Waals surface area contributed by atoms with Gasteiger partial charge in [0.2, 0.25) is 0 Å². The number of hydrogen-bond donors (Lipinski definition) is 2. The van der Waals surface area contributed by atoms with Crippen LogP contribution < -0.4 is 5.56 Å². The van der Waals surface area contributed by atoms with E-state index < -0.39 is 0 Å². The average Bonchev–Trinajstić information content (AvgIpc) is 2.36. The molecule has 11 heavy (non-hydrogen) atoms. The first-order valence-electron chi connectivity index (χ1n) is 2.67. The van der Waals surface area contributed by atoms with Crippen molar-refractivity contribution in [3.8, 4) is 0 Å². The molecule has 0 aliphatic carbocycles. The van der Waals surface area contributed by atoms with E-state index in [0.717, 1.165) is 0 Å². The van der Waals surface area contributed by atoms with E-state index in [1.165, 1.54) is 6.33 Å². The van der Waals surface area contributed by atoms with Crippen molar-refractivity contribution in [1.82, 2.24) is 19.9 Å². The fourth-order valence-corrected chi connectivity index (χ4v) is 0.733. The van der Waals surface area contributed by atoms with E-state index in [9.17, 15) is 4.79 Å². The van der Waals surface area contributed by atoms with E-state index in [4.69, 9.17) is 0 Å². The first-order chi connectivity index (χ1) is 4.88. The molecule has 57 valence electrons. The molecular weight excluding hydrogens is 318 g/mol. The van der Waals surface area contributed by atoms with E-state index >= 15 is 0 Å². The predicted octanol–water partition coefficient (Wildman–Crippen LogP) is -0.556. The van der Waals surface area contributed by atoms with E-state index in [2.05, 4.69) is 26.3 Å². The molecule has 2 N–H and O–H groups in total. The number of fused-ring (bicyclic) bond motifs is 1. The van der Waals surface area contributed by atoms with Crippen LogP contribution in [0.4, 0.5) is 0 Å². The standard InChI is InChI=1S/C5H3N4O.Re/c10-5-3-4(7-1-6-3)8-2-9-5;/h1H,(H2,6,7,8,9,10);/q-1;. The topological polar surface area (TPSA) is 74.4 Å². The largest absolute Gasteiger partial charge is 0.419 e. The van der Waals surface area contributed by atoms with Gasteiger partial charge in [0.25, 0.3) is 0 Å². The molecule has 0 atom stereocenters. The summed E-state index contributed by atoms with van der Waals surface area (Å²) in [5, 5.41) is 0.